The monoisotopic (exact) mass is 211 g/mol. The molecule has 1 N–H and O–H groups in total. The van der Waals surface area contributed by atoms with Crippen molar-refractivity contribution in [1.82, 2.24) is 15.4 Å². The molecular formula is C10H17N3O2. The van der Waals surface area contributed by atoms with Crippen LogP contribution in [-0.4, -0.2) is 36.3 Å². The summed E-state index contributed by atoms with van der Waals surface area (Å²) in [6, 6.07) is 0. The standard InChI is InChI=1S/C10H17N3O2/c1-8-9(2)15-10(12-8)7-11-13-3-5-14-6-4-13/h11H,3-7H2,1-2H3. The number of aryl methyl sites for hydroxylation is 2. The lowest BCUT2D eigenvalue weighted by molar-refractivity contribution is 0.00911. The van der Waals surface area contributed by atoms with Gasteiger partial charge in [0.2, 0.25) is 5.89 Å². The first-order valence-corrected chi connectivity index (χ1v) is 5.25. The molecule has 0 aromatic carbocycles. The highest BCUT2D eigenvalue weighted by Gasteiger charge is 2.11. The average Bonchev–Trinajstić information content (AvgIpc) is 2.57. The van der Waals surface area contributed by atoms with Gasteiger partial charge in [-0.15, -0.1) is 0 Å². The molecule has 1 fully saturated rings. The SMILES string of the molecule is Cc1nc(CNN2CCOCC2)oc1C. The lowest BCUT2D eigenvalue weighted by Gasteiger charge is -2.26. The van der Waals surface area contributed by atoms with E-state index in [9.17, 15) is 0 Å². The Balaban J connectivity index is 1.81. The summed E-state index contributed by atoms with van der Waals surface area (Å²) in [6.07, 6.45) is 0. The van der Waals surface area contributed by atoms with E-state index in [0.717, 1.165) is 43.6 Å². The van der Waals surface area contributed by atoms with Crippen LogP contribution < -0.4 is 5.43 Å². The van der Waals surface area contributed by atoms with Crippen molar-refractivity contribution in [2.45, 2.75) is 20.4 Å². The maximum atomic E-state index is 5.47. The van der Waals surface area contributed by atoms with Crippen molar-refractivity contribution in [2.24, 2.45) is 0 Å². The van der Waals surface area contributed by atoms with Gasteiger partial charge in [-0.05, 0) is 13.8 Å². The van der Waals surface area contributed by atoms with Crippen LogP contribution >= 0.6 is 0 Å². The van der Waals surface area contributed by atoms with Gasteiger partial charge in [0, 0.05) is 13.1 Å². The van der Waals surface area contributed by atoms with Crippen LogP contribution in [-0.2, 0) is 11.3 Å². The Hall–Kier alpha value is -0.910. The summed E-state index contributed by atoms with van der Waals surface area (Å²) in [7, 11) is 0. The van der Waals surface area contributed by atoms with Crippen LogP contribution in [0.3, 0.4) is 0 Å². The Morgan fingerprint density at radius 3 is 2.67 bits per heavy atom. The number of nitrogens with zero attached hydrogens (tertiary/aromatic N) is 2. The van der Waals surface area contributed by atoms with E-state index in [1.807, 2.05) is 13.8 Å². The molecule has 0 bridgehead atoms. The first-order valence-electron chi connectivity index (χ1n) is 5.25. The van der Waals surface area contributed by atoms with Crippen LogP contribution in [0.1, 0.15) is 17.3 Å². The molecule has 0 saturated carbocycles. The summed E-state index contributed by atoms with van der Waals surface area (Å²) < 4.78 is 10.7. The van der Waals surface area contributed by atoms with E-state index in [0.29, 0.717) is 6.54 Å². The van der Waals surface area contributed by atoms with E-state index >= 15 is 0 Å². The van der Waals surface area contributed by atoms with Gasteiger partial charge < -0.3 is 9.15 Å². The number of oxazole rings is 1. The molecule has 0 amide bonds. The predicted octanol–water partition coefficient (Wildman–Crippen LogP) is 0.628. The van der Waals surface area contributed by atoms with Crippen LogP contribution in [0.25, 0.3) is 0 Å². The minimum absolute atomic E-state index is 0.648. The molecule has 0 atom stereocenters. The number of hydrazine groups is 1. The molecule has 0 radical (unpaired) electrons. The fourth-order valence-corrected chi connectivity index (χ4v) is 1.52. The van der Waals surface area contributed by atoms with Gasteiger partial charge >= 0.3 is 0 Å². The number of morpholine rings is 1. The molecule has 5 heteroatoms. The largest absolute Gasteiger partial charge is 0.444 e. The third-order valence-corrected chi connectivity index (χ3v) is 2.54. The molecule has 0 unspecified atom stereocenters. The summed E-state index contributed by atoms with van der Waals surface area (Å²) in [5.74, 6) is 1.64. The van der Waals surface area contributed by atoms with E-state index < -0.39 is 0 Å². The van der Waals surface area contributed by atoms with Crippen molar-refractivity contribution in [1.29, 1.82) is 0 Å². The maximum Gasteiger partial charge on any atom is 0.209 e. The molecule has 0 spiro atoms. The number of rotatable bonds is 3. The van der Waals surface area contributed by atoms with Crippen molar-refractivity contribution < 1.29 is 9.15 Å². The van der Waals surface area contributed by atoms with Crippen LogP contribution in [0, 0.1) is 13.8 Å². The Morgan fingerprint density at radius 2 is 2.07 bits per heavy atom. The highest BCUT2D eigenvalue weighted by Crippen LogP contribution is 2.07. The second-order valence-corrected chi connectivity index (χ2v) is 3.68. The smallest absolute Gasteiger partial charge is 0.209 e. The maximum absolute atomic E-state index is 5.47. The Labute approximate surface area is 89.4 Å². The van der Waals surface area contributed by atoms with Crippen molar-refractivity contribution in [3.8, 4) is 0 Å². The molecule has 15 heavy (non-hydrogen) atoms. The lowest BCUT2D eigenvalue weighted by atomic mass is 10.4. The summed E-state index contributed by atoms with van der Waals surface area (Å²) in [5, 5.41) is 2.14. The van der Waals surface area contributed by atoms with Crippen LogP contribution in [0.15, 0.2) is 4.42 Å². The molecule has 1 aliphatic rings. The molecule has 0 aliphatic carbocycles. The first-order chi connectivity index (χ1) is 7.25. The molecule has 1 saturated heterocycles. The average molecular weight is 211 g/mol. The van der Waals surface area contributed by atoms with E-state index in [-0.39, 0.29) is 0 Å². The van der Waals surface area contributed by atoms with Gasteiger partial charge in [0.25, 0.3) is 0 Å². The Morgan fingerprint density at radius 1 is 1.33 bits per heavy atom. The quantitative estimate of drug-likeness (QED) is 0.794. The van der Waals surface area contributed by atoms with E-state index in [2.05, 4.69) is 15.4 Å². The van der Waals surface area contributed by atoms with Crippen molar-refractivity contribution in [3.05, 3.63) is 17.3 Å². The predicted molar refractivity (Wildman–Crippen MR) is 55.2 cm³/mol. The lowest BCUT2D eigenvalue weighted by Crippen LogP contribution is -2.45. The van der Waals surface area contributed by atoms with E-state index in [1.165, 1.54) is 0 Å². The van der Waals surface area contributed by atoms with E-state index in [4.69, 9.17) is 9.15 Å². The van der Waals surface area contributed by atoms with Gasteiger partial charge in [0.15, 0.2) is 0 Å². The number of ether oxygens (including phenoxy) is 1. The third kappa shape index (κ3) is 2.77. The molecule has 1 aromatic rings. The van der Waals surface area contributed by atoms with Gasteiger partial charge in [0.05, 0.1) is 25.5 Å². The highest BCUT2D eigenvalue weighted by molar-refractivity contribution is 5.04. The summed E-state index contributed by atoms with van der Waals surface area (Å²) >= 11 is 0. The summed E-state index contributed by atoms with van der Waals surface area (Å²) in [6.45, 7) is 7.94. The molecule has 84 valence electrons. The van der Waals surface area contributed by atoms with Gasteiger partial charge in [-0.1, -0.05) is 0 Å². The normalized spacial score (nSPS) is 18.3. The van der Waals surface area contributed by atoms with Crippen molar-refractivity contribution in [2.75, 3.05) is 26.3 Å². The van der Waals surface area contributed by atoms with Gasteiger partial charge in [-0.2, -0.15) is 0 Å². The highest BCUT2D eigenvalue weighted by atomic mass is 16.5. The van der Waals surface area contributed by atoms with Gasteiger partial charge in [-0.3, -0.25) is 0 Å². The van der Waals surface area contributed by atoms with Gasteiger partial charge in [0.1, 0.15) is 5.76 Å². The third-order valence-electron chi connectivity index (χ3n) is 2.54. The zero-order chi connectivity index (χ0) is 10.7. The molecule has 2 heterocycles. The molecule has 2 rings (SSSR count). The van der Waals surface area contributed by atoms with E-state index in [1.54, 1.807) is 0 Å². The van der Waals surface area contributed by atoms with Crippen molar-refractivity contribution in [3.63, 3.8) is 0 Å². The Bertz CT molecular complexity index is 299. The minimum Gasteiger partial charge on any atom is -0.444 e. The zero-order valence-corrected chi connectivity index (χ0v) is 9.25. The van der Waals surface area contributed by atoms with Gasteiger partial charge in [-0.25, -0.2) is 15.4 Å². The first kappa shape index (κ1) is 10.6. The van der Waals surface area contributed by atoms with Crippen molar-refractivity contribution >= 4 is 0 Å². The second kappa shape index (κ2) is 4.74. The summed E-state index contributed by atoms with van der Waals surface area (Å²) in [4.78, 5) is 4.31. The fraction of sp³-hybridized carbons (Fsp3) is 0.700. The number of nitrogens with one attached hydrogen (secondary N) is 1. The topological polar surface area (TPSA) is 50.5 Å². The van der Waals surface area contributed by atoms with Crippen LogP contribution in [0.2, 0.25) is 0 Å². The van der Waals surface area contributed by atoms with Crippen LogP contribution in [0.4, 0.5) is 0 Å². The number of hydrogen-bond donors (Lipinski definition) is 1. The zero-order valence-electron chi connectivity index (χ0n) is 9.25. The molecule has 1 aliphatic heterocycles. The second-order valence-electron chi connectivity index (χ2n) is 3.68. The Kier molecular flexibility index (Phi) is 3.35. The molecular weight excluding hydrogens is 194 g/mol. The molecule has 5 nitrogen and oxygen atoms in total. The van der Waals surface area contributed by atoms with Crippen LogP contribution in [0.5, 0.6) is 0 Å². The minimum atomic E-state index is 0.648. The molecule has 1 aromatic heterocycles. The number of aromatic nitrogens is 1. The summed E-state index contributed by atoms with van der Waals surface area (Å²) in [5.41, 5.74) is 4.24. The fourth-order valence-electron chi connectivity index (χ4n) is 1.52. The number of hydrogen-bond acceptors (Lipinski definition) is 5.